The zero-order chi connectivity index (χ0) is 36.5. The number of hydrogen-bond acceptors (Lipinski definition) is 7. The van der Waals surface area contributed by atoms with Crippen LogP contribution in [-0.2, 0) is 15.7 Å². The van der Waals surface area contributed by atoms with Gasteiger partial charge in [-0.25, -0.2) is 14.8 Å². The first-order valence-corrected chi connectivity index (χ1v) is 16.1. The molecule has 0 bridgehead atoms. The van der Waals surface area contributed by atoms with Crippen molar-refractivity contribution >= 4 is 40.2 Å². The lowest BCUT2D eigenvalue weighted by molar-refractivity contribution is -0.137. The van der Waals surface area contributed by atoms with E-state index >= 15 is 0 Å². The van der Waals surface area contributed by atoms with E-state index in [9.17, 15) is 27.6 Å². The van der Waals surface area contributed by atoms with Gasteiger partial charge in [0.1, 0.15) is 29.0 Å². The van der Waals surface area contributed by atoms with Crippen molar-refractivity contribution in [3.05, 3.63) is 102 Å². The highest BCUT2D eigenvalue weighted by Gasteiger charge is 2.37. The SMILES string of the molecule is Cc1cn(-c2cc(NC(=O)c3cccc4cc(Oc5ccnc(NC(=O)[C@@H]6CCCN6C(=O)OC(C)(C)C)c5)ccc34)cc(C(F)(F)F)c2)cn1. The van der Waals surface area contributed by atoms with Crippen LogP contribution in [0.1, 0.15) is 55.2 Å². The van der Waals surface area contributed by atoms with Gasteiger partial charge in [0, 0.05) is 41.9 Å². The highest BCUT2D eigenvalue weighted by molar-refractivity contribution is 6.13. The summed E-state index contributed by atoms with van der Waals surface area (Å²) in [4.78, 5) is 49.0. The Kier molecular flexibility index (Phi) is 9.43. The summed E-state index contributed by atoms with van der Waals surface area (Å²) < 4.78 is 54.3. The van der Waals surface area contributed by atoms with E-state index in [2.05, 4.69) is 20.6 Å². The number of likely N-dealkylation sites (tertiary alicyclic amines) is 1. The van der Waals surface area contributed by atoms with Crippen LogP contribution in [0.15, 0.2) is 85.5 Å². The molecule has 14 heteroatoms. The van der Waals surface area contributed by atoms with Crippen LogP contribution in [0.5, 0.6) is 11.5 Å². The molecule has 0 saturated carbocycles. The van der Waals surface area contributed by atoms with Crippen molar-refractivity contribution in [1.29, 1.82) is 0 Å². The average molecular weight is 701 g/mol. The van der Waals surface area contributed by atoms with Gasteiger partial charge in [-0.05, 0) is 99.8 Å². The number of ether oxygens (including phenoxy) is 2. The predicted octanol–water partition coefficient (Wildman–Crippen LogP) is 8.13. The number of hydrogen-bond donors (Lipinski definition) is 2. The van der Waals surface area contributed by atoms with Gasteiger partial charge >= 0.3 is 12.3 Å². The first-order chi connectivity index (χ1) is 24.1. The fraction of sp³-hybridized carbons (Fsp3) is 0.270. The molecule has 1 fully saturated rings. The van der Waals surface area contributed by atoms with Crippen LogP contribution in [0.25, 0.3) is 16.5 Å². The Morgan fingerprint density at radius 1 is 0.922 bits per heavy atom. The molecule has 11 nitrogen and oxygen atoms in total. The van der Waals surface area contributed by atoms with Gasteiger partial charge in [-0.3, -0.25) is 14.5 Å². The molecule has 0 spiro atoms. The molecule has 1 aliphatic rings. The van der Waals surface area contributed by atoms with E-state index in [4.69, 9.17) is 9.47 Å². The van der Waals surface area contributed by atoms with E-state index in [1.165, 1.54) is 28.1 Å². The molecule has 51 heavy (non-hydrogen) atoms. The Balaban J connectivity index is 1.17. The topological polar surface area (TPSA) is 128 Å². The maximum Gasteiger partial charge on any atom is 0.416 e. The second kappa shape index (κ2) is 13.8. The molecule has 264 valence electrons. The maximum atomic E-state index is 13.8. The van der Waals surface area contributed by atoms with E-state index in [0.29, 0.717) is 47.4 Å². The number of fused-ring (bicyclic) bond motifs is 1. The van der Waals surface area contributed by atoms with Gasteiger partial charge in [-0.15, -0.1) is 0 Å². The summed E-state index contributed by atoms with van der Waals surface area (Å²) >= 11 is 0. The minimum Gasteiger partial charge on any atom is -0.457 e. The molecule has 5 aromatic rings. The van der Waals surface area contributed by atoms with Crippen LogP contribution in [0, 0.1) is 6.92 Å². The summed E-state index contributed by atoms with van der Waals surface area (Å²) in [5.41, 5.74) is -0.567. The van der Waals surface area contributed by atoms with Gasteiger partial charge in [0.2, 0.25) is 5.91 Å². The molecule has 6 rings (SSSR count). The molecule has 3 aromatic carbocycles. The number of nitrogens with zero attached hydrogens (tertiary/aromatic N) is 4. The summed E-state index contributed by atoms with van der Waals surface area (Å²) in [6.45, 7) is 7.43. The molecule has 0 unspecified atom stereocenters. The second-order valence-electron chi connectivity index (χ2n) is 13.1. The van der Waals surface area contributed by atoms with Gasteiger partial charge in [-0.1, -0.05) is 12.1 Å². The molecule has 0 radical (unpaired) electrons. The number of nitrogens with one attached hydrogen (secondary N) is 2. The number of aromatic nitrogens is 3. The lowest BCUT2D eigenvalue weighted by Crippen LogP contribution is -2.45. The maximum absolute atomic E-state index is 13.8. The molecule has 1 aliphatic heterocycles. The van der Waals surface area contributed by atoms with Gasteiger partial charge in [0.15, 0.2) is 0 Å². The highest BCUT2D eigenvalue weighted by Crippen LogP contribution is 2.34. The number of halogens is 3. The Hall–Kier alpha value is -5.92. The van der Waals surface area contributed by atoms with Crippen LogP contribution in [0.2, 0.25) is 0 Å². The lowest BCUT2D eigenvalue weighted by atomic mass is 10.0. The number of imidazole rings is 1. The molecule has 3 heterocycles. The van der Waals surface area contributed by atoms with Gasteiger partial charge in [-0.2, -0.15) is 13.2 Å². The fourth-order valence-corrected chi connectivity index (χ4v) is 5.75. The monoisotopic (exact) mass is 700 g/mol. The zero-order valence-corrected chi connectivity index (χ0v) is 28.2. The third kappa shape index (κ3) is 8.28. The van der Waals surface area contributed by atoms with Crippen molar-refractivity contribution in [2.75, 3.05) is 17.2 Å². The van der Waals surface area contributed by atoms with Crippen LogP contribution < -0.4 is 15.4 Å². The normalized spacial score (nSPS) is 14.7. The Morgan fingerprint density at radius 3 is 2.43 bits per heavy atom. The summed E-state index contributed by atoms with van der Waals surface area (Å²) in [5, 5.41) is 6.58. The fourth-order valence-electron chi connectivity index (χ4n) is 5.75. The number of anilines is 2. The first kappa shape index (κ1) is 34.9. The highest BCUT2D eigenvalue weighted by atomic mass is 19.4. The first-order valence-electron chi connectivity index (χ1n) is 16.1. The number of carbonyl (C=O) groups is 3. The van der Waals surface area contributed by atoms with E-state index in [1.54, 1.807) is 82.4 Å². The molecule has 2 aromatic heterocycles. The molecule has 3 amide bonds. The van der Waals surface area contributed by atoms with E-state index in [-0.39, 0.29) is 22.8 Å². The van der Waals surface area contributed by atoms with Gasteiger partial charge < -0.3 is 24.7 Å². The van der Waals surface area contributed by atoms with Crippen LogP contribution in [0.3, 0.4) is 0 Å². The number of aryl methyl sites for hydroxylation is 1. The van der Waals surface area contributed by atoms with Crippen molar-refractivity contribution in [1.82, 2.24) is 19.4 Å². The van der Waals surface area contributed by atoms with Crippen molar-refractivity contribution in [2.45, 2.75) is 58.4 Å². The van der Waals surface area contributed by atoms with Crippen LogP contribution >= 0.6 is 0 Å². The molecular weight excluding hydrogens is 665 g/mol. The Bertz CT molecular complexity index is 2120. The summed E-state index contributed by atoms with van der Waals surface area (Å²) in [7, 11) is 0. The molecule has 1 saturated heterocycles. The van der Waals surface area contributed by atoms with Gasteiger partial charge in [0.25, 0.3) is 5.91 Å². The Labute approximate surface area is 291 Å². The number of pyridine rings is 1. The second-order valence-corrected chi connectivity index (χ2v) is 13.1. The molecule has 2 N–H and O–H groups in total. The van der Waals surface area contributed by atoms with Crippen LogP contribution in [-0.4, -0.2) is 55.5 Å². The quantitative estimate of drug-likeness (QED) is 0.176. The van der Waals surface area contributed by atoms with Crippen molar-refractivity contribution in [2.24, 2.45) is 0 Å². The third-order valence-corrected chi connectivity index (χ3v) is 8.01. The summed E-state index contributed by atoms with van der Waals surface area (Å²) in [6, 6.07) is 15.9. The van der Waals surface area contributed by atoms with Crippen LogP contribution in [0.4, 0.5) is 29.5 Å². The standard InChI is InChI=1S/C37H35F3N6O5/c1-22-20-45(21-42-22)26-17-24(37(38,39)40)16-25(18-26)43-33(47)30-8-5-7-23-15-27(10-11-29(23)30)50-28-12-13-41-32(19-28)44-34(48)31-9-6-14-46(31)35(49)51-36(2,3)4/h5,7-8,10-13,15-21,31H,6,9,14H2,1-4H3,(H,43,47)(H,41,44,48)/t31-/m0/s1. The van der Waals surface area contributed by atoms with Crippen molar-refractivity contribution in [3.63, 3.8) is 0 Å². The number of rotatable bonds is 7. The average Bonchev–Trinajstić information content (AvgIpc) is 3.73. The predicted molar refractivity (Wildman–Crippen MR) is 184 cm³/mol. The lowest BCUT2D eigenvalue weighted by Gasteiger charge is -2.27. The minimum absolute atomic E-state index is 0.0285. The van der Waals surface area contributed by atoms with Gasteiger partial charge in [0.05, 0.1) is 17.6 Å². The summed E-state index contributed by atoms with van der Waals surface area (Å²) in [5.74, 6) is 0.0428. The van der Waals surface area contributed by atoms with E-state index < -0.39 is 41.3 Å². The smallest absolute Gasteiger partial charge is 0.416 e. The summed E-state index contributed by atoms with van der Waals surface area (Å²) in [6.07, 6.45) is 0.436. The largest absolute Gasteiger partial charge is 0.457 e. The Morgan fingerprint density at radius 2 is 1.71 bits per heavy atom. The third-order valence-electron chi connectivity index (χ3n) is 8.01. The number of benzene rings is 3. The molecular formula is C37H35F3N6O5. The molecule has 1 atom stereocenters. The zero-order valence-electron chi connectivity index (χ0n) is 28.2. The minimum atomic E-state index is -4.64. The number of amides is 3. The van der Waals surface area contributed by atoms with E-state index in [0.717, 1.165) is 12.1 Å². The van der Waals surface area contributed by atoms with Crippen molar-refractivity contribution in [3.8, 4) is 17.2 Å². The van der Waals surface area contributed by atoms with E-state index in [1.807, 2.05) is 0 Å². The molecule has 0 aliphatic carbocycles. The van der Waals surface area contributed by atoms with Crippen molar-refractivity contribution < 1.29 is 37.0 Å². The number of carbonyl (C=O) groups excluding carboxylic acids is 3. The number of alkyl halides is 3.